The Kier molecular flexibility index (Phi) is 2.50. The van der Waals surface area contributed by atoms with Crippen molar-refractivity contribution >= 4 is 10.9 Å². The van der Waals surface area contributed by atoms with E-state index in [-0.39, 0.29) is 5.41 Å². The van der Waals surface area contributed by atoms with Crippen molar-refractivity contribution in [2.24, 2.45) is 5.41 Å². The van der Waals surface area contributed by atoms with Crippen LogP contribution in [-0.4, -0.2) is 23.2 Å². The summed E-state index contributed by atoms with van der Waals surface area (Å²) in [5, 5.41) is 15.7. The molecule has 1 unspecified atom stereocenters. The van der Waals surface area contributed by atoms with E-state index in [1.165, 1.54) is 0 Å². The number of H-pyrrole nitrogens is 1. The summed E-state index contributed by atoms with van der Waals surface area (Å²) >= 11 is 0. The maximum absolute atomic E-state index is 11.2. The van der Waals surface area contributed by atoms with Gasteiger partial charge in [0, 0.05) is 29.1 Å². The van der Waals surface area contributed by atoms with Crippen molar-refractivity contribution < 1.29 is 5.11 Å². The predicted molar refractivity (Wildman–Crippen MR) is 73.5 cm³/mol. The first kappa shape index (κ1) is 11.8. The zero-order valence-corrected chi connectivity index (χ0v) is 11.0. The molecule has 1 saturated heterocycles. The van der Waals surface area contributed by atoms with Gasteiger partial charge in [-0.05, 0) is 30.7 Å². The summed E-state index contributed by atoms with van der Waals surface area (Å²) in [4.78, 5) is 3.22. The fourth-order valence-electron chi connectivity index (χ4n) is 3.10. The summed E-state index contributed by atoms with van der Waals surface area (Å²) in [5.74, 6) is 0. The quantitative estimate of drug-likeness (QED) is 0.721. The second kappa shape index (κ2) is 3.84. The highest BCUT2D eigenvalue weighted by Crippen LogP contribution is 2.45. The van der Waals surface area contributed by atoms with Crippen LogP contribution in [0, 0.1) is 5.41 Å². The van der Waals surface area contributed by atoms with Gasteiger partial charge < -0.3 is 15.4 Å². The summed E-state index contributed by atoms with van der Waals surface area (Å²) < 4.78 is 0. The van der Waals surface area contributed by atoms with E-state index in [9.17, 15) is 5.11 Å². The van der Waals surface area contributed by atoms with Crippen LogP contribution < -0.4 is 5.32 Å². The molecule has 3 nitrogen and oxygen atoms in total. The molecule has 3 rings (SSSR count). The van der Waals surface area contributed by atoms with Crippen LogP contribution in [0.15, 0.2) is 30.5 Å². The lowest BCUT2D eigenvalue weighted by Gasteiger charge is -2.47. The van der Waals surface area contributed by atoms with Gasteiger partial charge in [-0.25, -0.2) is 0 Å². The van der Waals surface area contributed by atoms with E-state index >= 15 is 0 Å². The van der Waals surface area contributed by atoms with Crippen LogP contribution in [0.4, 0.5) is 0 Å². The standard InChI is InChI=1S/C15H20N2O/c1-14(2)10-16-9-7-15(14,18)12-4-3-5-13-11(12)6-8-17-13/h3-6,8,16-18H,7,9-10H2,1-2H3. The normalized spacial score (nSPS) is 27.5. The van der Waals surface area contributed by atoms with Gasteiger partial charge in [0.25, 0.3) is 0 Å². The summed E-state index contributed by atoms with van der Waals surface area (Å²) in [6.45, 7) is 5.96. The van der Waals surface area contributed by atoms with Crippen molar-refractivity contribution in [3.63, 3.8) is 0 Å². The summed E-state index contributed by atoms with van der Waals surface area (Å²) in [6.07, 6.45) is 2.69. The minimum Gasteiger partial charge on any atom is -0.384 e. The molecule has 1 aliphatic heterocycles. The zero-order chi connectivity index (χ0) is 12.8. The third kappa shape index (κ3) is 1.51. The van der Waals surface area contributed by atoms with Crippen molar-refractivity contribution in [2.75, 3.05) is 13.1 Å². The van der Waals surface area contributed by atoms with E-state index in [0.717, 1.165) is 36.0 Å². The Hall–Kier alpha value is -1.32. The summed E-state index contributed by atoms with van der Waals surface area (Å²) in [6, 6.07) is 8.19. The maximum Gasteiger partial charge on any atom is 0.0977 e. The molecule has 3 heteroatoms. The molecule has 0 radical (unpaired) electrons. The van der Waals surface area contributed by atoms with Crippen LogP contribution in [0.25, 0.3) is 10.9 Å². The highest BCUT2D eigenvalue weighted by atomic mass is 16.3. The number of benzene rings is 1. The van der Waals surface area contributed by atoms with Gasteiger partial charge >= 0.3 is 0 Å². The number of fused-ring (bicyclic) bond motifs is 1. The van der Waals surface area contributed by atoms with Crippen LogP contribution in [0.2, 0.25) is 0 Å². The average molecular weight is 244 g/mol. The number of hydrogen-bond donors (Lipinski definition) is 3. The second-order valence-electron chi connectivity index (χ2n) is 5.92. The molecule has 0 amide bonds. The molecule has 2 aromatic rings. The number of hydrogen-bond acceptors (Lipinski definition) is 2. The van der Waals surface area contributed by atoms with Gasteiger partial charge in [-0.3, -0.25) is 0 Å². The number of aromatic amines is 1. The Morgan fingerprint density at radius 2 is 2.06 bits per heavy atom. The van der Waals surface area contributed by atoms with Crippen LogP contribution in [-0.2, 0) is 5.60 Å². The van der Waals surface area contributed by atoms with Gasteiger partial charge in [0.2, 0.25) is 0 Å². The summed E-state index contributed by atoms with van der Waals surface area (Å²) in [7, 11) is 0. The van der Waals surface area contributed by atoms with E-state index in [0.29, 0.717) is 0 Å². The predicted octanol–water partition coefficient (Wildman–Crippen LogP) is 2.38. The average Bonchev–Trinajstić information content (AvgIpc) is 2.80. The minimum atomic E-state index is -0.764. The SMILES string of the molecule is CC1(C)CNCCC1(O)c1cccc2[nH]ccc12. The smallest absolute Gasteiger partial charge is 0.0977 e. The van der Waals surface area contributed by atoms with E-state index in [1.54, 1.807) is 0 Å². The minimum absolute atomic E-state index is 0.170. The van der Waals surface area contributed by atoms with Crippen molar-refractivity contribution in [3.05, 3.63) is 36.0 Å². The Balaban J connectivity index is 2.20. The highest BCUT2D eigenvalue weighted by Gasteiger charge is 2.47. The molecule has 1 aliphatic rings. The Morgan fingerprint density at radius 1 is 1.22 bits per heavy atom. The van der Waals surface area contributed by atoms with E-state index in [1.807, 2.05) is 12.3 Å². The lowest BCUT2D eigenvalue weighted by Crippen LogP contribution is -2.53. The Labute approximate surface area is 107 Å². The first-order valence-corrected chi connectivity index (χ1v) is 6.54. The van der Waals surface area contributed by atoms with Crippen molar-refractivity contribution in [1.82, 2.24) is 10.3 Å². The van der Waals surface area contributed by atoms with Crippen molar-refractivity contribution in [2.45, 2.75) is 25.9 Å². The molecule has 18 heavy (non-hydrogen) atoms. The van der Waals surface area contributed by atoms with Crippen LogP contribution in [0.3, 0.4) is 0 Å². The van der Waals surface area contributed by atoms with E-state index in [2.05, 4.69) is 42.3 Å². The van der Waals surface area contributed by atoms with Gasteiger partial charge in [-0.2, -0.15) is 0 Å². The molecular weight excluding hydrogens is 224 g/mol. The molecule has 1 aromatic carbocycles. The molecule has 0 bridgehead atoms. The molecule has 96 valence electrons. The molecule has 0 saturated carbocycles. The summed E-state index contributed by atoms with van der Waals surface area (Å²) in [5.41, 5.74) is 1.21. The molecule has 2 heterocycles. The first-order valence-electron chi connectivity index (χ1n) is 6.54. The second-order valence-corrected chi connectivity index (χ2v) is 5.92. The van der Waals surface area contributed by atoms with Gasteiger partial charge in [-0.15, -0.1) is 0 Å². The van der Waals surface area contributed by atoms with Gasteiger partial charge in [0.1, 0.15) is 0 Å². The fraction of sp³-hybridized carbons (Fsp3) is 0.467. The van der Waals surface area contributed by atoms with E-state index < -0.39 is 5.60 Å². The molecule has 1 aromatic heterocycles. The molecule has 1 fully saturated rings. The van der Waals surface area contributed by atoms with Crippen molar-refractivity contribution in [1.29, 1.82) is 0 Å². The third-order valence-electron chi connectivity index (χ3n) is 4.39. The molecule has 0 spiro atoms. The molecule has 3 N–H and O–H groups in total. The van der Waals surface area contributed by atoms with Crippen LogP contribution in [0.1, 0.15) is 25.8 Å². The number of rotatable bonds is 1. The van der Waals surface area contributed by atoms with Crippen molar-refractivity contribution in [3.8, 4) is 0 Å². The van der Waals surface area contributed by atoms with Crippen LogP contribution in [0.5, 0.6) is 0 Å². The third-order valence-corrected chi connectivity index (χ3v) is 4.39. The Bertz CT molecular complexity index is 573. The zero-order valence-electron chi connectivity index (χ0n) is 11.0. The maximum atomic E-state index is 11.2. The van der Waals surface area contributed by atoms with Gasteiger partial charge in [0.15, 0.2) is 0 Å². The fourth-order valence-corrected chi connectivity index (χ4v) is 3.10. The highest BCUT2D eigenvalue weighted by molar-refractivity contribution is 5.84. The largest absolute Gasteiger partial charge is 0.384 e. The molecular formula is C15H20N2O. The first-order chi connectivity index (χ1) is 8.55. The van der Waals surface area contributed by atoms with Gasteiger partial charge in [-0.1, -0.05) is 26.0 Å². The van der Waals surface area contributed by atoms with Crippen LogP contribution >= 0.6 is 0 Å². The topological polar surface area (TPSA) is 48.0 Å². The Morgan fingerprint density at radius 3 is 2.83 bits per heavy atom. The van der Waals surface area contributed by atoms with E-state index in [4.69, 9.17) is 0 Å². The monoisotopic (exact) mass is 244 g/mol. The number of aliphatic hydroxyl groups is 1. The molecule has 0 aliphatic carbocycles. The lowest BCUT2D eigenvalue weighted by atomic mass is 9.66. The van der Waals surface area contributed by atoms with Gasteiger partial charge in [0.05, 0.1) is 5.60 Å². The number of aromatic nitrogens is 1. The number of piperidine rings is 1. The molecule has 1 atom stereocenters. The lowest BCUT2D eigenvalue weighted by molar-refractivity contribution is -0.0933. The number of nitrogens with one attached hydrogen (secondary N) is 2.